The summed E-state index contributed by atoms with van der Waals surface area (Å²) >= 11 is 0. The van der Waals surface area contributed by atoms with Crippen LogP contribution in [0.1, 0.15) is 25.3 Å². The zero-order chi connectivity index (χ0) is 12.1. The third-order valence-electron chi connectivity index (χ3n) is 3.66. The highest BCUT2D eigenvalue weighted by molar-refractivity contribution is 5.09. The molecule has 0 amide bonds. The van der Waals surface area contributed by atoms with Crippen molar-refractivity contribution < 1.29 is 0 Å². The number of rotatable bonds is 4. The lowest BCUT2D eigenvalue weighted by atomic mass is 9.80. The number of piperidine rings is 1. The molecule has 0 atom stereocenters. The van der Waals surface area contributed by atoms with Crippen molar-refractivity contribution in [3.8, 4) is 0 Å². The summed E-state index contributed by atoms with van der Waals surface area (Å²) in [6.45, 7) is 6.94. The van der Waals surface area contributed by atoms with Crippen LogP contribution in [0.3, 0.4) is 0 Å². The van der Waals surface area contributed by atoms with Gasteiger partial charge in [0.05, 0.1) is 0 Å². The summed E-state index contributed by atoms with van der Waals surface area (Å²) in [5.74, 6) is 0. The molecule has 1 aliphatic heterocycles. The van der Waals surface area contributed by atoms with Gasteiger partial charge in [0.2, 0.25) is 0 Å². The molecule has 0 aromatic carbocycles. The maximum Gasteiger partial charge on any atom is 0.0271 e. The quantitative estimate of drug-likeness (QED) is 0.861. The summed E-state index contributed by atoms with van der Waals surface area (Å²) in [7, 11) is 2.22. The molecule has 17 heavy (non-hydrogen) atoms. The first-order valence-corrected chi connectivity index (χ1v) is 6.46. The molecule has 1 aliphatic rings. The van der Waals surface area contributed by atoms with Crippen LogP contribution in [0.15, 0.2) is 24.5 Å². The summed E-state index contributed by atoms with van der Waals surface area (Å²) in [5, 5.41) is 3.44. The van der Waals surface area contributed by atoms with Crippen LogP contribution in [0.5, 0.6) is 0 Å². The van der Waals surface area contributed by atoms with Crippen LogP contribution in [0, 0.1) is 5.41 Å². The second-order valence-corrected chi connectivity index (χ2v) is 5.59. The molecule has 3 nitrogen and oxygen atoms in total. The van der Waals surface area contributed by atoms with E-state index in [9.17, 15) is 0 Å². The minimum absolute atomic E-state index is 0.479. The minimum Gasteiger partial charge on any atom is -0.317 e. The molecular weight excluding hydrogens is 210 g/mol. The van der Waals surface area contributed by atoms with E-state index >= 15 is 0 Å². The van der Waals surface area contributed by atoms with Crippen LogP contribution in [0.25, 0.3) is 0 Å². The highest BCUT2D eigenvalue weighted by Crippen LogP contribution is 2.28. The Morgan fingerprint density at radius 2 is 1.94 bits per heavy atom. The van der Waals surface area contributed by atoms with E-state index in [0.29, 0.717) is 5.41 Å². The van der Waals surface area contributed by atoms with Gasteiger partial charge in [-0.2, -0.15) is 0 Å². The van der Waals surface area contributed by atoms with Crippen molar-refractivity contribution in [2.24, 2.45) is 5.41 Å². The highest BCUT2D eigenvalue weighted by atomic mass is 15.1. The summed E-state index contributed by atoms with van der Waals surface area (Å²) < 4.78 is 0. The van der Waals surface area contributed by atoms with Gasteiger partial charge < -0.3 is 10.2 Å². The lowest BCUT2D eigenvalue weighted by Gasteiger charge is -2.37. The standard InChI is InChI=1S/C14H23N3/c1-14(5-9-16-10-6-14)12-17(2)11-13-3-7-15-8-4-13/h3-4,7-8,16H,5-6,9-12H2,1-2H3. The van der Waals surface area contributed by atoms with Crippen LogP contribution in [-0.4, -0.2) is 36.6 Å². The minimum atomic E-state index is 0.479. The van der Waals surface area contributed by atoms with Gasteiger partial charge in [0.25, 0.3) is 0 Å². The van der Waals surface area contributed by atoms with Crippen molar-refractivity contribution in [1.82, 2.24) is 15.2 Å². The first kappa shape index (κ1) is 12.5. The average Bonchev–Trinajstić information content (AvgIpc) is 2.30. The SMILES string of the molecule is CN(Cc1ccncc1)CC1(C)CCNCC1. The molecule has 0 spiro atoms. The van der Waals surface area contributed by atoms with Crippen LogP contribution >= 0.6 is 0 Å². The maximum atomic E-state index is 4.06. The molecule has 1 aromatic rings. The zero-order valence-electron chi connectivity index (χ0n) is 10.9. The summed E-state index contributed by atoms with van der Waals surface area (Å²) in [5.41, 5.74) is 1.83. The Labute approximate surface area is 104 Å². The fourth-order valence-corrected chi connectivity index (χ4v) is 2.70. The predicted octanol–water partition coefficient (Wildman–Crippen LogP) is 1.90. The molecule has 94 valence electrons. The second-order valence-electron chi connectivity index (χ2n) is 5.59. The van der Waals surface area contributed by atoms with Crippen molar-refractivity contribution in [2.75, 3.05) is 26.7 Å². The number of hydrogen-bond donors (Lipinski definition) is 1. The topological polar surface area (TPSA) is 28.2 Å². The fourth-order valence-electron chi connectivity index (χ4n) is 2.70. The lowest BCUT2D eigenvalue weighted by molar-refractivity contribution is 0.143. The van der Waals surface area contributed by atoms with Gasteiger partial charge in [-0.05, 0) is 56.1 Å². The normalized spacial score (nSPS) is 19.5. The molecule has 1 aromatic heterocycles. The molecule has 0 aliphatic carbocycles. The summed E-state index contributed by atoms with van der Waals surface area (Å²) in [4.78, 5) is 6.49. The zero-order valence-corrected chi connectivity index (χ0v) is 10.9. The number of nitrogens with one attached hydrogen (secondary N) is 1. The fraction of sp³-hybridized carbons (Fsp3) is 0.643. The molecular formula is C14H23N3. The Bertz CT molecular complexity index is 331. The highest BCUT2D eigenvalue weighted by Gasteiger charge is 2.27. The molecule has 0 radical (unpaired) electrons. The summed E-state index contributed by atoms with van der Waals surface area (Å²) in [6.07, 6.45) is 6.31. The first-order chi connectivity index (χ1) is 8.18. The molecule has 2 heterocycles. The molecule has 0 saturated carbocycles. The first-order valence-electron chi connectivity index (χ1n) is 6.46. The lowest BCUT2D eigenvalue weighted by Crippen LogP contribution is -2.41. The van der Waals surface area contributed by atoms with E-state index in [-0.39, 0.29) is 0 Å². The number of hydrogen-bond acceptors (Lipinski definition) is 3. The van der Waals surface area contributed by atoms with E-state index < -0.39 is 0 Å². The average molecular weight is 233 g/mol. The van der Waals surface area contributed by atoms with Gasteiger partial charge in [-0.3, -0.25) is 4.98 Å². The summed E-state index contributed by atoms with van der Waals surface area (Å²) in [6, 6.07) is 4.20. The van der Waals surface area contributed by atoms with Crippen LogP contribution < -0.4 is 5.32 Å². The molecule has 1 saturated heterocycles. The predicted molar refractivity (Wildman–Crippen MR) is 70.8 cm³/mol. The van der Waals surface area contributed by atoms with Crippen molar-refractivity contribution in [3.63, 3.8) is 0 Å². The van der Waals surface area contributed by atoms with E-state index in [1.54, 1.807) is 0 Å². The Kier molecular flexibility index (Phi) is 4.13. The molecule has 2 rings (SSSR count). The molecule has 0 unspecified atom stereocenters. The van der Waals surface area contributed by atoms with Gasteiger partial charge >= 0.3 is 0 Å². The van der Waals surface area contributed by atoms with E-state index in [1.165, 1.54) is 38.0 Å². The van der Waals surface area contributed by atoms with E-state index in [1.807, 2.05) is 12.4 Å². The van der Waals surface area contributed by atoms with Gasteiger partial charge in [0.1, 0.15) is 0 Å². The van der Waals surface area contributed by atoms with E-state index in [0.717, 1.165) is 6.54 Å². The Hall–Kier alpha value is -0.930. The Morgan fingerprint density at radius 1 is 1.29 bits per heavy atom. The number of aromatic nitrogens is 1. The second kappa shape index (κ2) is 5.61. The molecule has 3 heteroatoms. The van der Waals surface area contributed by atoms with Crippen molar-refractivity contribution in [3.05, 3.63) is 30.1 Å². The van der Waals surface area contributed by atoms with Gasteiger partial charge in [0, 0.05) is 25.5 Å². The van der Waals surface area contributed by atoms with Crippen molar-refractivity contribution in [1.29, 1.82) is 0 Å². The van der Waals surface area contributed by atoms with Crippen LogP contribution in [0.2, 0.25) is 0 Å². The molecule has 0 bridgehead atoms. The largest absolute Gasteiger partial charge is 0.317 e. The Morgan fingerprint density at radius 3 is 2.59 bits per heavy atom. The van der Waals surface area contributed by atoms with Crippen molar-refractivity contribution in [2.45, 2.75) is 26.3 Å². The maximum absolute atomic E-state index is 4.06. The number of pyridine rings is 1. The molecule has 1 N–H and O–H groups in total. The third-order valence-corrected chi connectivity index (χ3v) is 3.66. The third kappa shape index (κ3) is 3.79. The number of nitrogens with zero attached hydrogens (tertiary/aromatic N) is 2. The smallest absolute Gasteiger partial charge is 0.0271 e. The van der Waals surface area contributed by atoms with Gasteiger partial charge in [-0.1, -0.05) is 6.92 Å². The van der Waals surface area contributed by atoms with Gasteiger partial charge in [0.15, 0.2) is 0 Å². The molecule has 1 fully saturated rings. The van der Waals surface area contributed by atoms with Crippen LogP contribution in [-0.2, 0) is 6.54 Å². The monoisotopic (exact) mass is 233 g/mol. The van der Waals surface area contributed by atoms with Gasteiger partial charge in [-0.25, -0.2) is 0 Å². The van der Waals surface area contributed by atoms with Crippen molar-refractivity contribution >= 4 is 0 Å². The Balaban J connectivity index is 1.86. The van der Waals surface area contributed by atoms with E-state index in [4.69, 9.17) is 0 Å². The van der Waals surface area contributed by atoms with E-state index in [2.05, 4.69) is 41.3 Å². The van der Waals surface area contributed by atoms with Crippen LogP contribution in [0.4, 0.5) is 0 Å². The van der Waals surface area contributed by atoms with Gasteiger partial charge in [-0.15, -0.1) is 0 Å².